The van der Waals surface area contributed by atoms with E-state index >= 15 is 0 Å². The van der Waals surface area contributed by atoms with Crippen molar-refractivity contribution in [2.75, 3.05) is 6.54 Å². The van der Waals surface area contributed by atoms with Gasteiger partial charge in [0, 0.05) is 6.20 Å². The van der Waals surface area contributed by atoms with Gasteiger partial charge in [-0.1, -0.05) is 48.2 Å². The van der Waals surface area contributed by atoms with Gasteiger partial charge in [0.05, 0.1) is 12.1 Å². The molecular formula is C16H13N3OS. The van der Waals surface area contributed by atoms with Crippen LogP contribution in [0.3, 0.4) is 0 Å². The smallest absolute Gasteiger partial charge is 0.267 e. The predicted octanol–water partition coefficient (Wildman–Crippen LogP) is 3.07. The highest BCUT2D eigenvalue weighted by Crippen LogP contribution is 2.27. The summed E-state index contributed by atoms with van der Waals surface area (Å²) in [5.41, 5.74) is 1.44. The van der Waals surface area contributed by atoms with E-state index in [1.54, 1.807) is 17.2 Å². The van der Waals surface area contributed by atoms with Gasteiger partial charge in [-0.3, -0.25) is 14.7 Å². The Bertz CT molecular complexity index is 701. The van der Waals surface area contributed by atoms with Crippen LogP contribution in [-0.4, -0.2) is 28.4 Å². The Labute approximate surface area is 127 Å². The number of fused-ring (bicyclic) bond motifs is 1. The number of carbonyl (C=O) groups is 1. The lowest BCUT2D eigenvalue weighted by Crippen LogP contribution is -2.36. The molecule has 0 aliphatic carbocycles. The summed E-state index contributed by atoms with van der Waals surface area (Å²) in [4.78, 5) is 22.9. The van der Waals surface area contributed by atoms with Crippen molar-refractivity contribution >= 4 is 34.7 Å². The van der Waals surface area contributed by atoms with E-state index < -0.39 is 0 Å². The van der Waals surface area contributed by atoms with Gasteiger partial charge >= 0.3 is 0 Å². The topological polar surface area (TPSA) is 45.0 Å². The summed E-state index contributed by atoms with van der Waals surface area (Å²) >= 11 is 1.42. The maximum absolute atomic E-state index is 12.6. The predicted molar refractivity (Wildman–Crippen MR) is 87.9 cm³/mol. The average Bonchev–Trinajstić information content (AvgIpc) is 2.98. The fraction of sp³-hybridized carbons (Fsp3) is 0.0625. The zero-order valence-electron chi connectivity index (χ0n) is 11.3. The molecule has 2 aliphatic heterocycles. The number of aliphatic imine (C=N–C) groups is 2. The number of hydrogen-bond acceptors (Lipinski definition) is 3. The van der Waals surface area contributed by atoms with Gasteiger partial charge in [-0.2, -0.15) is 0 Å². The van der Waals surface area contributed by atoms with E-state index in [1.165, 1.54) is 11.8 Å². The van der Waals surface area contributed by atoms with Crippen LogP contribution in [0.15, 0.2) is 70.2 Å². The molecule has 0 fully saturated rings. The van der Waals surface area contributed by atoms with E-state index in [2.05, 4.69) is 16.6 Å². The zero-order chi connectivity index (χ0) is 14.7. The van der Waals surface area contributed by atoms with Gasteiger partial charge < -0.3 is 0 Å². The van der Waals surface area contributed by atoms with Crippen LogP contribution in [0.25, 0.3) is 6.08 Å². The normalized spacial score (nSPS) is 20.9. The Morgan fingerprint density at radius 1 is 1.33 bits per heavy atom. The monoisotopic (exact) mass is 295 g/mol. The van der Waals surface area contributed by atoms with E-state index in [0.717, 1.165) is 5.56 Å². The van der Waals surface area contributed by atoms with Crippen LogP contribution >= 0.6 is 11.8 Å². The third-order valence-corrected chi connectivity index (χ3v) is 3.72. The van der Waals surface area contributed by atoms with Crippen LogP contribution < -0.4 is 0 Å². The van der Waals surface area contributed by atoms with E-state index in [1.807, 2.05) is 41.8 Å². The third-order valence-electron chi connectivity index (χ3n) is 2.96. The molecule has 0 saturated carbocycles. The van der Waals surface area contributed by atoms with Gasteiger partial charge in [-0.05, 0) is 17.0 Å². The Balaban J connectivity index is 2.06. The molecule has 0 unspecified atom stereocenters. The summed E-state index contributed by atoms with van der Waals surface area (Å²) in [6, 6.07) is 9.69. The summed E-state index contributed by atoms with van der Waals surface area (Å²) in [5, 5.41) is 2.49. The van der Waals surface area contributed by atoms with Crippen molar-refractivity contribution in [3.63, 3.8) is 0 Å². The molecule has 3 rings (SSSR count). The number of rotatable bonds is 3. The highest BCUT2D eigenvalue weighted by molar-refractivity contribution is 8.16. The van der Waals surface area contributed by atoms with Crippen LogP contribution in [0.2, 0.25) is 0 Å². The molecule has 21 heavy (non-hydrogen) atoms. The number of amidine groups is 2. The number of carbonyl (C=O) groups excluding carboxylic acids is 1. The molecule has 0 spiro atoms. The minimum atomic E-state index is -0.104. The molecular weight excluding hydrogens is 282 g/mol. The lowest BCUT2D eigenvalue weighted by atomic mass is 10.1. The first-order chi connectivity index (χ1) is 10.3. The van der Waals surface area contributed by atoms with Crippen molar-refractivity contribution in [2.24, 2.45) is 9.98 Å². The van der Waals surface area contributed by atoms with Crippen molar-refractivity contribution in [3.8, 4) is 0 Å². The maximum atomic E-state index is 12.6. The Morgan fingerprint density at radius 2 is 2.14 bits per heavy atom. The second kappa shape index (κ2) is 5.93. The van der Waals surface area contributed by atoms with Gasteiger partial charge in [0.15, 0.2) is 11.0 Å². The number of hydrogen-bond donors (Lipinski definition) is 0. The van der Waals surface area contributed by atoms with E-state index in [9.17, 15) is 4.79 Å². The van der Waals surface area contributed by atoms with Crippen LogP contribution in [0.1, 0.15) is 5.56 Å². The zero-order valence-corrected chi connectivity index (χ0v) is 12.1. The second-order valence-corrected chi connectivity index (χ2v) is 5.27. The van der Waals surface area contributed by atoms with E-state index in [4.69, 9.17) is 0 Å². The van der Waals surface area contributed by atoms with Gasteiger partial charge in [-0.25, -0.2) is 4.99 Å². The Hall–Kier alpha value is -2.40. The van der Waals surface area contributed by atoms with Crippen LogP contribution in [0, 0.1) is 0 Å². The van der Waals surface area contributed by atoms with Gasteiger partial charge in [0.25, 0.3) is 5.91 Å². The fourth-order valence-electron chi connectivity index (χ4n) is 2.00. The Kier molecular flexibility index (Phi) is 3.83. The van der Waals surface area contributed by atoms with Crippen molar-refractivity contribution in [1.82, 2.24) is 4.90 Å². The molecule has 0 bridgehead atoms. The molecule has 4 nitrogen and oxygen atoms in total. The largest absolute Gasteiger partial charge is 0.268 e. The lowest BCUT2D eigenvalue weighted by Gasteiger charge is -2.21. The first-order valence-electron chi connectivity index (χ1n) is 6.47. The van der Waals surface area contributed by atoms with Crippen molar-refractivity contribution < 1.29 is 4.79 Å². The average molecular weight is 295 g/mol. The van der Waals surface area contributed by atoms with Crippen LogP contribution in [0.5, 0.6) is 0 Å². The molecule has 0 radical (unpaired) electrons. The minimum Gasteiger partial charge on any atom is -0.268 e. The lowest BCUT2D eigenvalue weighted by molar-refractivity contribution is -0.121. The molecule has 1 aromatic carbocycles. The molecule has 2 heterocycles. The van der Waals surface area contributed by atoms with Gasteiger partial charge in [0.1, 0.15) is 0 Å². The standard InChI is InChI=1S/C16H13N3OS/c1-2-8-17-14-13(11-12-6-4-3-5-7-12)15(20)19-9-10-21-16(19)18-14/h2-7,9-11H,1,8H2/b13-11+,17-14?. The third kappa shape index (κ3) is 2.73. The van der Waals surface area contributed by atoms with Gasteiger partial charge in [-0.15, -0.1) is 6.58 Å². The number of amides is 1. The fourth-order valence-corrected chi connectivity index (χ4v) is 2.70. The second-order valence-electron chi connectivity index (χ2n) is 4.39. The molecule has 0 saturated heterocycles. The molecule has 0 N–H and O–H groups in total. The summed E-state index contributed by atoms with van der Waals surface area (Å²) in [7, 11) is 0. The molecule has 1 amide bonds. The molecule has 0 atom stereocenters. The number of nitrogens with zero attached hydrogens (tertiary/aromatic N) is 3. The molecule has 5 heteroatoms. The van der Waals surface area contributed by atoms with Crippen molar-refractivity contribution in [3.05, 3.63) is 65.7 Å². The van der Waals surface area contributed by atoms with E-state index in [0.29, 0.717) is 23.1 Å². The summed E-state index contributed by atoms with van der Waals surface area (Å²) < 4.78 is 0. The van der Waals surface area contributed by atoms with Crippen molar-refractivity contribution in [1.29, 1.82) is 0 Å². The first kappa shape index (κ1) is 13.6. The quantitative estimate of drug-likeness (QED) is 0.635. The number of thioether (sulfide) groups is 1. The highest BCUT2D eigenvalue weighted by Gasteiger charge is 2.32. The van der Waals surface area contributed by atoms with Crippen LogP contribution in [-0.2, 0) is 4.79 Å². The minimum absolute atomic E-state index is 0.104. The van der Waals surface area contributed by atoms with Crippen molar-refractivity contribution in [2.45, 2.75) is 0 Å². The molecule has 1 aromatic rings. The number of benzene rings is 1. The summed E-state index contributed by atoms with van der Waals surface area (Å²) in [5.74, 6) is 0.360. The maximum Gasteiger partial charge on any atom is 0.267 e. The van der Waals surface area contributed by atoms with Gasteiger partial charge in [0.2, 0.25) is 0 Å². The van der Waals surface area contributed by atoms with E-state index in [-0.39, 0.29) is 5.91 Å². The Morgan fingerprint density at radius 3 is 2.90 bits per heavy atom. The first-order valence-corrected chi connectivity index (χ1v) is 7.35. The van der Waals surface area contributed by atoms with Crippen LogP contribution in [0.4, 0.5) is 0 Å². The molecule has 0 aromatic heterocycles. The SMILES string of the molecule is C=CCN=C1N=C2SC=CN2C(=O)/C1=C/c1ccccc1. The summed E-state index contributed by atoms with van der Waals surface area (Å²) in [6.07, 6.45) is 5.24. The molecule has 2 aliphatic rings. The summed E-state index contributed by atoms with van der Waals surface area (Å²) in [6.45, 7) is 4.09. The highest BCUT2D eigenvalue weighted by atomic mass is 32.2. The molecule has 104 valence electrons.